The Morgan fingerprint density at radius 2 is 1.56 bits per heavy atom. The molecule has 3 aromatic carbocycles. The fourth-order valence-corrected chi connectivity index (χ4v) is 3.67. The number of carbonyl (C=O) groups is 1. The monoisotopic (exact) mass is 425 g/mol. The van der Waals surface area contributed by atoms with Crippen LogP contribution < -0.4 is 10.5 Å². The molecule has 0 atom stereocenters. The SMILES string of the molecule is Cc1nn(Cc2ccc(N)cc2)c(C)c1CC(=O)c1ccc(COc2ccccc2)cc1. The highest BCUT2D eigenvalue weighted by atomic mass is 16.5. The van der Waals surface area contributed by atoms with Crippen LogP contribution in [0.2, 0.25) is 0 Å². The number of aromatic nitrogens is 2. The van der Waals surface area contributed by atoms with Crippen LogP contribution in [0.5, 0.6) is 5.75 Å². The van der Waals surface area contributed by atoms with Crippen LogP contribution in [0, 0.1) is 13.8 Å². The Bertz CT molecular complexity index is 1190. The molecule has 0 aliphatic rings. The van der Waals surface area contributed by atoms with Gasteiger partial charge in [0.25, 0.3) is 0 Å². The van der Waals surface area contributed by atoms with E-state index in [0.717, 1.165) is 39.5 Å². The number of nitrogens with two attached hydrogens (primary N) is 1. The molecule has 4 rings (SSSR count). The minimum Gasteiger partial charge on any atom is -0.489 e. The topological polar surface area (TPSA) is 70.1 Å². The molecule has 0 spiro atoms. The van der Waals surface area contributed by atoms with Gasteiger partial charge in [0.1, 0.15) is 12.4 Å². The van der Waals surface area contributed by atoms with E-state index in [9.17, 15) is 4.79 Å². The third kappa shape index (κ3) is 5.06. The van der Waals surface area contributed by atoms with Crippen LogP contribution in [0.4, 0.5) is 5.69 Å². The number of aryl methyl sites for hydroxylation is 1. The molecule has 4 aromatic rings. The van der Waals surface area contributed by atoms with E-state index in [2.05, 4.69) is 5.10 Å². The molecular formula is C27H27N3O2. The zero-order valence-corrected chi connectivity index (χ0v) is 18.4. The molecular weight excluding hydrogens is 398 g/mol. The van der Waals surface area contributed by atoms with Crippen LogP contribution in [0.15, 0.2) is 78.9 Å². The van der Waals surface area contributed by atoms with Gasteiger partial charge < -0.3 is 10.5 Å². The summed E-state index contributed by atoms with van der Waals surface area (Å²) in [6, 6.07) is 25.1. The standard InChI is InChI=1S/C27H27N3O2/c1-19-26(20(2)30(29-19)17-21-10-14-24(28)15-11-21)16-27(31)23-12-8-22(9-13-23)18-32-25-6-4-3-5-7-25/h3-15H,16-18,28H2,1-2H3. The average molecular weight is 426 g/mol. The van der Waals surface area contributed by atoms with Crippen molar-refractivity contribution in [2.45, 2.75) is 33.4 Å². The highest BCUT2D eigenvalue weighted by molar-refractivity contribution is 5.97. The summed E-state index contributed by atoms with van der Waals surface area (Å²) < 4.78 is 7.73. The number of benzene rings is 3. The van der Waals surface area contributed by atoms with E-state index in [-0.39, 0.29) is 5.78 Å². The summed E-state index contributed by atoms with van der Waals surface area (Å²) in [7, 11) is 0. The number of Topliss-reactive ketones (excluding diaryl/α,β-unsaturated/α-hetero) is 1. The molecule has 0 aliphatic carbocycles. The Hall–Kier alpha value is -3.86. The fraction of sp³-hybridized carbons (Fsp3) is 0.185. The van der Waals surface area contributed by atoms with Crippen molar-refractivity contribution in [2.24, 2.45) is 0 Å². The highest BCUT2D eigenvalue weighted by Crippen LogP contribution is 2.19. The van der Waals surface area contributed by atoms with Crippen LogP contribution >= 0.6 is 0 Å². The van der Waals surface area contributed by atoms with E-state index in [1.165, 1.54) is 0 Å². The summed E-state index contributed by atoms with van der Waals surface area (Å²) in [5, 5.41) is 4.66. The lowest BCUT2D eigenvalue weighted by Gasteiger charge is -2.08. The molecule has 0 saturated carbocycles. The number of ether oxygens (including phenoxy) is 1. The summed E-state index contributed by atoms with van der Waals surface area (Å²) in [4.78, 5) is 12.9. The molecule has 1 aromatic heterocycles. The largest absolute Gasteiger partial charge is 0.489 e. The Morgan fingerprint density at radius 3 is 2.25 bits per heavy atom. The summed E-state index contributed by atoms with van der Waals surface area (Å²) in [5.74, 6) is 0.911. The summed E-state index contributed by atoms with van der Waals surface area (Å²) in [6.07, 6.45) is 0.333. The molecule has 5 nitrogen and oxygen atoms in total. The van der Waals surface area contributed by atoms with Crippen LogP contribution in [-0.4, -0.2) is 15.6 Å². The lowest BCUT2D eigenvalue weighted by Crippen LogP contribution is -2.07. The first-order valence-corrected chi connectivity index (χ1v) is 10.7. The van der Waals surface area contributed by atoms with Crippen LogP contribution in [-0.2, 0) is 19.6 Å². The minimum absolute atomic E-state index is 0.0822. The number of para-hydroxylation sites is 1. The Labute approximate surface area is 188 Å². The van der Waals surface area contributed by atoms with Gasteiger partial charge in [0, 0.05) is 28.9 Å². The second-order valence-corrected chi connectivity index (χ2v) is 7.95. The molecule has 0 radical (unpaired) electrons. The zero-order valence-electron chi connectivity index (χ0n) is 18.4. The normalized spacial score (nSPS) is 10.8. The van der Waals surface area contributed by atoms with Gasteiger partial charge in [-0.1, -0.05) is 54.6 Å². The smallest absolute Gasteiger partial charge is 0.167 e. The molecule has 32 heavy (non-hydrogen) atoms. The van der Waals surface area contributed by atoms with Crippen molar-refractivity contribution in [1.29, 1.82) is 0 Å². The maximum absolute atomic E-state index is 12.9. The second-order valence-electron chi connectivity index (χ2n) is 7.95. The van der Waals surface area contributed by atoms with Gasteiger partial charge in [0.15, 0.2) is 5.78 Å². The number of nitrogens with zero attached hydrogens (tertiary/aromatic N) is 2. The van der Waals surface area contributed by atoms with Crippen LogP contribution in [0.1, 0.15) is 38.4 Å². The van der Waals surface area contributed by atoms with E-state index in [4.69, 9.17) is 10.5 Å². The van der Waals surface area contributed by atoms with E-state index in [1.54, 1.807) is 0 Å². The number of carbonyl (C=O) groups excluding carboxylic acids is 1. The fourth-order valence-electron chi connectivity index (χ4n) is 3.67. The van der Waals surface area contributed by atoms with Gasteiger partial charge in [0.2, 0.25) is 0 Å². The van der Waals surface area contributed by atoms with Gasteiger partial charge in [-0.25, -0.2) is 0 Å². The number of rotatable bonds is 8. The van der Waals surface area contributed by atoms with Crippen LogP contribution in [0.25, 0.3) is 0 Å². The number of ketones is 1. The van der Waals surface area contributed by atoms with Crippen molar-refractivity contribution in [2.75, 3.05) is 5.73 Å². The Morgan fingerprint density at radius 1 is 0.906 bits per heavy atom. The van der Waals surface area contributed by atoms with Gasteiger partial charge in [-0.2, -0.15) is 5.10 Å². The lowest BCUT2D eigenvalue weighted by atomic mass is 10.0. The first-order chi connectivity index (χ1) is 15.5. The third-order valence-corrected chi connectivity index (χ3v) is 5.61. The number of nitrogen functional groups attached to an aromatic ring is 1. The number of hydrogen-bond donors (Lipinski definition) is 1. The Kier molecular flexibility index (Phi) is 6.36. The maximum Gasteiger partial charge on any atom is 0.167 e. The molecule has 0 fully saturated rings. The second kappa shape index (κ2) is 9.52. The average Bonchev–Trinajstić information content (AvgIpc) is 3.07. The number of anilines is 1. The van der Waals surface area contributed by atoms with Crippen molar-refractivity contribution >= 4 is 11.5 Å². The third-order valence-electron chi connectivity index (χ3n) is 5.61. The van der Waals surface area contributed by atoms with Crippen LogP contribution in [0.3, 0.4) is 0 Å². The van der Waals surface area contributed by atoms with Gasteiger partial charge in [-0.15, -0.1) is 0 Å². The molecule has 0 aliphatic heterocycles. The van der Waals surface area contributed by atoms with Crippen molar-refractivity contribution in [3.8, 4) is 5.75 Å². The zero-order chi connectivity index (χ0) is 22.5. The molecule has 2 N–H and O–H groups in total. The minimum atomic E-state index is 0.0822. The molecule has 0 saturated heterocycles. The highest BCUT2D eigenvalue weighted by Gasteiger charge is 2.16. The predicted molar refractivity (Wildman–Crippen MR) is 127 cm³/mol. The molecule has 5 heteroatoms. The summed E-state index contributed by atoms with van der Waals surface area (Å²) >= 11 is 0. The van der Waals surface area contributed by atoms with E-state index in [1.807, 2.05) is 97.4 Å². The first kappa shape index (κ1) is 21.4. The summed E-state index contributed by atoms with van der Waals surface area (Å²) in [6.45, 7) is 5.09. The van der Waals surface area contributed by atoms with E-state index < -0.39 is 0 Å². The van der Waals surface area contributed by atoms with Crippen molar-refractivity contribution in [1.82, 2.24) is 9.78 Å². The maximum atomic E-state index is 12.9. The Balaban J connectivity index is 1.41. The molecule has 1 heterocycles. The van der Waals surface area contributed by atoms with Gasteiger partial charge in [-0.3, -0.25) is 9.48 Å². The summed E-state index contributed by atoms with van der Waals surface area (Å²) in [5.41, 5.74) is 12.2. The molecule has 162 valence electrons. The van der Waals surface area contributed by atoms with Crippen molar-refractivity contribution < 1.29 is 9.53 Å². The predicted octanol–water partition coefficient (Wildman–Crippen LogP) is 5.13. The van der Waals surface area contributed by atoms with Crippen molar-refractivity contribution in [3.05, 3.63) is 113 Å². The molecule has 0 amide bonds. The quantitative estimate of drug-likeness (QED) is 0.314. The molecule has 0 unspecified atom stereocenters. The first-order valence-electron chi connectivity index (χ1n) is 10.7. The van der Waals surface area contributed by atoms with E-state index >= 15 is 0 Å². The van der Waals surface area contributed by atoms with Crippen molar-refractivity contribution in [3.63, 3.8) is 0 Å². The van der Waals surface area contributed by atoms with E-state index in [0.29, 0.717) is 25.1 Å². The van der Waals surface area contributed by atoms with Gasteiger partial charge in [-0.05, 0) is 49.2 Å². The lowest BCUT2D eigenvalue weighted by molar-refractivity contribution is 0.0992. The van der Waals surface area contributed by atoms with Gasteiger partial charge >= 0.3 is 0 Å². The molecule has 0 bridgehead atoms. The van der Waals surface area contributed by atoms with Gasteiger partial charge in [0.05, 0.1) is 12.2 Å². The number of hydrogen-bond acceptors (Lipinski definition) is 4.